The predicted octanol–water partition coefficient (Wildman–Crippen LogP) is 2.00. The van der Waals surface area contributed by atoms with Crippen LogP contribution < -0.4 is 11.1 Å². The second kappa shape index (κ2) is 6.13. The van der Waals surface area contributed by atoms with Gasteiger partial charge in [-0.2, -0.15) is 5.26 Å². The Balaban J connectivity index is 2.49. The summed E-state index contributed by atoms with van der Waals surface area (Å²) in [6.45, 7) is 0.674. The largest absolute Gasteiger partial charge is 0.384 e. The lowest BCUT2D eigenvalue weighted by Gasteiger charge is -2.07. The van der Waals surface area contributed by atoms with Gasteiger partial charge < -0.3 is 11.1 Å². The molecule has 84 valence electrons. The fourth-order valence-electron chi connectivity index (χ4n) is 1.21. The third kappa shape index (κ3) is 3.91. The third-order valence-corrected chi connectivity index (χ3v) is 2.67. The van der Waals surface area contributed by atoms with Gasteiger partial charge in [0.15, 0.2) is 0 Å². The van der Waals surface area contributed by atoms with Crippen molar-refractivity contribution in [3.8, 4) is 6.07 Å². The quantitative estimate of drug-likeness (QED) is 0.811. The minimum absolute atomic E-state index is 0.291. The first kappa shape index (κ1) is 12.5. The van der Waals surface area contributed by atoms with Crippen LogP contribution in [-0.4, -0.2) is 12.5 Å². The van der Waals surface area contributed by atoms with Crippen molar-refractivity contribution in [2.45, 2.75) is 12.8 Å². The van der Waals surface area contributed by atoms with Gasteiger partial charge >= 0.3 is 0 Å². The Bertz CT molecular complexity index is 426. The molecule has 0 aromatic heterocycles. The summed E-state index contributed by atoms with van der Waals surface area (Å²) < 4.78 is 0.839. The number of hydrogen-bond acceptors (Lipinski definition) is 3. The molecule has 0 radical (unpaired) electrons. The Kier molecular flexibility index (Phi) is 4.80. The molecule has 1 aromatic carbocycles. The zero-order valence-corrected chi connectivity index (χ0v) is 10.3. The van der Waals surface area contributed by atoms with Gasteiger partial charge in [0.1, 0.15) is 0 Å². The molecular weight excluding hydrogens is 270 g/mol. The zero-order chi connectivity index (χ0) is 12.0. The van der Waals surface area contributed by atoms with Crippen molar-refractivity contribution >= 4 is 27.5 Å². The molecule has 0 heterocycles. The second-order valence-electron chi connectivity index (χ2n) is 3.30. The summed E-state index contributed by atoms with van der Waals surface area (Å²) >= 11 is 3.36. The number of benzene rings is 1. The number of nitrogens with two attached hydrogens (primary N) is 1. The average molecular weight is 282 g/mol. The molecule has 1 rings (SSSR count). The fourth-order valence-corrected chi connectivity index (χ4v) is 1.73. The standard InChI is InChI=1S/C11H12BrN3O/c12-9-6-8(7-13)3-4-10(9)15-5-1-2-11(14)16/h3-4,6,15H,1-2,5H2,(H2,14,16). The van der Waals surface area contributed by atoms with Crippen LogP contribution in [0.4, 0.5) is 5.69 Å². The first-order chi connectivity index (χ1) is 7.63. The van der Waals surface area contributed by atoms with E-state index in [1.807, 2.05) is 6.07 Å². The van der Waals surface area contributed by atoms with Crippen LogP contribution in [0.5, 0.6) is 0 Å². The van der Waals surface area contributed by atoms with Crippen molar-refractivity contribution in [2.24, 2.45) is 5.73 Å². The molecule has 1 aromatic rings. The third-order valence-electron chi connectivity index (χ3n) is 2.01. The number of halogens is 1. The van der Waals surface area contributed by atoms with Crippen molar-refractivity contribution in [2.75, 3.05) is 11.9 Å². The minimum Gasteiger partial charge on any atom is -0.384 e. The molecule has 0 spiro atoms. The van der Waals surface area contributed by atoms with E-state index in [-0.39, 0.29) is 5.91 Å². The van der Waals surface area contributed by atoms with E-state index >= 15 is 0 Å². The molecule has 0 aliphatic carbocycles. The fraction of sp³-hybridized carbons (Fsp3) is 0.273. The van der Waals surface area contributed by atoms with E-state index in [9.17, 15) is 4.79 Å². The number of carbonyl (C=O) groups excluding carboxylic acids is 1. The normalized spacial score (nSPS) is 9.50. The van der Waals surface area contributed by atoms with E-state index in [0.717, 1.165) is 10.2 Å². The maximum Gasteiger partial charge on any atom is 0.217 e. The highest BCUT2D eigenvalue weighted by atomic mass is 79.9. The average Bonchev–Trinajstić information content (AvgIpc) is 2.25. The van der Waals surface area contributed by atoms with Gasteiger partial charge in [0.05, 0.1) is 11.6 Å². The molecule has 0 fully saturated rings. The summed E-state index contributed by atoms with van der Waals surface area (Å²) in [5, 5.41) is 11.8. The first-order valence-corrected chi connectivity index (χ1v) is 5.64. The van der Waals surface area contributed by atoms with Gasteiger partial charge in [-0.1, -0.05) is 0 Å². The van der Waals surface area contributed by atoms with Gasteiger partial charge in [-0.3, -0.25) is 4.79 Å². The van der Waals surface area contributed by atoms with Crippen LogP contribution in [0.15, 0.2) is 22.7 Å². The lowest BCUT2D eigenvalue weighted by atomic mass is 10.2. The van der Waals surface area contributed by atoms with Gasteiger partial charge in [-0.25, -0.2) is 0 Å². The Labute approximate surface area is 103 Å². The van der Waals surface area contributed by atoms with Crippen LogP contribution in [0.3, 0.4) is 0 Å². The summed E-state index contributed by atoms with van der Waals surface area (Å²) in [6, 6.07) is 7.37. The smallest absolute Gasteiger partial charge is 0.217 e. The number of nitrogens with one attached hydrogen (secondary N) is 1. The SMILES string of the molecule is N#Cc1ccc(NCCCC(N)=O)c(Br)c1. The van der Waals surface area contributed by atoms with Crippen LogP contribution in [-0.2, 0) is 4.79 Å². The summed E-state index contributed by atoms with van der Waals surface area (Å²) in [5.41, 5.74) is 6.54. The molecule has 1 amide bonds. The topological polar surface area (TPSA) is 78.9 Å². The summed E-state index contributed by atoms with van der Waals surface area (Å²) in [5.74, 6) is -0.291. The first-order valence-electron chi connectivity index (χ1n) is 4.85. The Morgan fingerprint density at radius 1 is 1.56 bits per heavy atom. The summed E-state index contributed by atoms with van der Waals surface area (Å²) in [4.78, 5) is 10.5. The number of nitrogens with zero attached hydrogens (tertiary/aromatic N) is 1. The van der Waals surface area contributed by atoms with Gasteiger partial charge in [0.2, 0.25) is 5.91 Å². The zero-order valence-electron chi connectivity index (χ0n) is 8.66. The van der Waals surface area contributed by atoms with Crippen LogP contribution in [0, 0.1) is 11.3 Å². The van der Waals surface area contributed by atoms with E-state index in [4.69, 9.17) is 11.0 Å². The van der Waals surface area contributed by atoms with Crippen molar-refractivity contribution in [3.63, 3.8) is 0 Å². The molecule has 0 saturated carbocycles. The number of rotatable bonds is 5. The molecular formula is C11H12BrN3O. The lowest BCUT2D eigenvalue weighted by Crippen LogP contribution is -2.12. The van der Waals surface area contributed by atoms with Crippen molar-refractivity contribution in [3.05, 3.63) is 28.2 Å². The second-order valence-corrected chi connectivity index (χ2v) is 4.16. The predicted molar refractivity (Wildman–Crippen MR) is 65.8 cm³/mol. The summed E-state index contributed by atoms with van der Waals surface area (Å²) in [6.07, 6.45) is 1.07. The summed E-state index contributed by atoms with van der Waals surface area (Å²) in [7, 11) is 0. The molecule has 3 N–H and O–H groups in total. The van der Waals surface area contributed by atoms with Crippen molar-refractivity contribution < 1.29 is 4.79 Å². The number of amides is 1. The number of primary amides is 1. The monoisotopic (exact) mass is 281 g/mol. The highest BCUT2D eigenvalue weighted by molar-refractivity contribution is 9.10. The molecule has 16 heavy (non-hydrogen) atoms. The van der Waals surface area contributed by atoms with Crippen LogP contribution >= 0.6 is 15.9 Å². The van der Waals surface area contributed by atoms with E-state index in [0.29, 0.717) is 24.9 Å². The van der Waals surface area contributed by atoms with Gasteiger partial charge in [0.25, 0.3) is 0 Å². The Morgan fingerprint density at radius 2 is 2.31 bits per heavy atom. The highest BCUT2D eigenvalue weighted by Gasteiger charge is 2.01. The van der Waals surface area contributed by atoms with E-state index in [1.165, 1.54) is 0 Å². The number of nitriles is 1. The lowest BCUT2D eigenvalue weighted by molar-refractivity contribution is -0.118. The van der Waals surface area contributed by atoms with Gasteiger partial charge in [-0.15, -0.1) is 0 Å². The maximum atomic E-state index is 10.5. The van der Waals surface area contributed by atoms with Crippen LogP contribution in [0.1, 0.15) is 18.4 Å². The van der Waals surface area contributed by atoms with E-state index < -0.39 is 0 Å². The van der Waals surface area contributed by atoms with Gasteiger partial charge in [0, 0.05) is 23.1 Å². The minimum atomic E-state index is -0.291. The maximum absolute atomic E-state index is 10.5. The molecule has 4 nitrogen and oxygen atoms in total. The van der Waals surface area contributed by atoms with Gasteiger partial charge in [-0.05, 0) is 40.5 Å². The van der Waals surface area contributed by atoms with E-state index in [1.54, 1.807) is 12.1 Å². The number of anilines is 1. The number of carbonyl (C=O) groups is 1. The molecule has 0 aliphatic heterocycles. The van der Waals surface area contributed by atoms with Crippen LogP contribution in [0.25, 0.3) is 0 Å². The van der Waals surface area contributed by atoms with E-state index in [2.05, 4.69) is 27.3 Å². The molecule has 5 heteroatoms. The highest BCUT2D eigenvalue weighted by Crippen LogP contribution is 2.23. The Hall–Kier alpha value is -1.54. The van der Waals surface area contributed by atoms with Crippen molar-refractivity contribution in [1.29, 1.82) is 5.26 Å². The number of hydrogen-bond donors (Lipinski definition) is 2. The molecule has 0 unspecified atom stereocenters. The molecule has 0 atom stereocenters. The molecule has 0 aliphatic rings. The molecule has 0 saturated heterocycles. The molecule has 0 bridgehead atoms. The Morgan fingerprint density at radius 3 is 2.88 bits per heavy atom. The van der Waals surface area contributed by atoms with Crippen molar-refractivity contribution in [1.82, 2.24) is 0 Å². The van der Waals surface area contributed by atoms with Crippen LogP contribution in [0.2, 0.25) is 0 Å².